The minimum Gasteiger partial charge on any atom is -0.506 e. The topological polar surface area (TPSA) is 49.3 Å². The van der Waals surface area contributed by atoms with Crippen LogP contribution < -0.4 is 5.32 Å². The summed E-state index contributed by atoms with van der Waals surface area (Å²) < 4.78 is 13.0. The van der Waals surface area contributed by atoms with Gasteiger partial charge in [-0.3, -0.25) is 4.79 Å². The number of phenolic OH excluding ortho intramolecular Hbond substituents is 1. The van der Waals surface area contributed by atoms with Crippen LogP contribution in [0.25, 0.3) is 0 Å². The third-order valence-corrected chi connectivity index (χ3v) is 2.85. The molecule has 0 saturated heterocycles. The van der Waals surface area contributed by atoms with Gasteiger partial charge in [-0.15, -0.1) is 0 Å². The standard InChI is InChI=1S/C14H11ClFNO2/c15-12-7-10(4-5-13(12)18)14(19)17-8-9-2-1-3-11(16)6-9/h1-7,18H,8H2,(H,17,19). The molecule has 2 aromatic rings. The number of rotatable bonds is 3. The van der Waals surface area contributed by atoms with E-state index in [0.29, 0.717) is 11.1 Å². The summed E-state index contributed by atoms with van der Waals surface area (Å²) in [6.45, 7) is 0.217. The molecule has 3 nitrogen and oxygen atoms in total. The van der Waals surface area contributed by atoms with Crippen molar-refractivity contribution in [3.8, 4) is 5.75 Å². The molecule has 0 saturated carbocycles. The van der Waals surface area contributed by atoms with Crippen molar-refractivity contribution in [3.05, 3.63) is 64.4 Å². The number of hydrogen-bond acceptors (Lipinski definition) is 2. The largest absolute Gasteiger partial charge is 0.506 e. The number of phenols is 1. The number of halogens is 2. The van der Waals surface area contributed by atoms with Crippen molar-refractivity contribution in [3.63, 3.8) is 0 Å². The molecule has 19 heavy (non-hydrogen) atoms. The van der Waals surface area contributed by atoms with Gasteiger partial charge in [-0.25, -0.2) is 4.39 Å². The van der Waals surface area contributed by atoms with Gasteiger partial charge in [0.25, 0.3) is 5.91 Å². The second-order valence-corrected chi connectivity index (χ2v) is 4.39. The number of amides is 1. The van der Waals surface area contributed by atoms with Crippen LogP contribution in [0.15, 0.2) is 42.5 Å². The molecular weight excluding hydrogens is 269 g/mol. The fourth-order valence-corrected chi connectivity index (χ4v) is 1.76. The van der Waals surface area contributed by atoms with Gasteiger partial charge in [-0.1, -0.05) is 23.7 Å². The van der Waals surface area contributed by atoms with Gasteiger partial charge in [0, 0.05) is 12.1 Å². The van der Waals surface area contributed by atoms with E-state index in [2.05, 4.69) is 5.32 Å². The van der Waals surface area contributed by atoms with Gasteiger partial charge in [0.1, 0.15) is 11.6 Å². The highest BCUT2D eigenvalue weighted by Crippen LogP contribution is 2.23. The molecule has 0 radical (unpaired) electrons. The number of benzene rings is 2. The van der Waals surface area contributed by atoms with Crippen LogP contribution in [-0.2, 0) is 6.54 Å². The smallest absolute Gasteiger partial charge is 0.251 e. The molecule has 2 N–H and O–H groups in total. The highest BCUT2D eigenvalue weighted by atomic mass is 35.5. The summed E-state index contributed by atoms with van der Waals surface area (Å²) in [6, 6.07) is 10.2. The molecule has 0 fully saturated rings. The highest BCUT2D eigenvalue weighted by Gasteiger charge is 2.08. The summed E-state index contributed by atoms with van der Waals surface area (Å²) >= 11 is 5.72. The van der Waals surface area contributed by atoms with E-state index in [9.17, 15) is 14.3 Å². The Hall–Kier alpha value is -2.07. The Morgan fingerprint density at radius 3 is 2.74 bits per heavy atom. The predicted molar refractivity (Wildman–Crippen MR) is 70.7 cm³/mol. The lowest BCUT2D eigenvalue weighted by Crippen LogP contribution is -2.22. The molecule has 5 heteroatoms. The van der Waals surface area contributed by atoms with E-state index in [1.165, 1.54) is 30.3 Å². The maximum atomic E-state index is 13.0. The zero-order valence-electron chi connectivity index (χ0n) is 9.86. The zero-order chi connectivity index (χ0) is 13.8. The molecule has 0 spiro atoms. The van der Waals surface area contributed by atoms with E-state index in [-0.39, 0.29) is 29.0 Å². The fourth-order valence-electron chi connectivity index (χ4n) is 1.58. The summed E-state index contributed by atoms with van der Waals surface area (Å²) in [6.07, 6.45) is 0. The Kier molecular flexibility index (Phi) is 4.02. The molecule has 0 aliphatic rings. The van der Waals surface area contributed by atoms with Gasteiger partial charge in [0.2, 0.25) is 0 Å². The van der Waals surface area contributed by atoms with E-state index in [0.717, 1.165) is 0 Å². The van der Waals surface area contributed by atoms with Gasteiger partial charge < -0.3 is 10.4 Å². The number of carbonyl (C=O) groups is 1. The van der Waals surface area contributed by atoms with Gasteiger partial charge >= 0.3 is 0 Å². The molecule has 1 amide bonds. The Morgan fingerprint density at radius 2 is 2.05 bits per heavy atom. The quantitative estimate of drug-likeness (QED) is 0.907. The molecule has 0 atom stereocenters. The lowest BCUT2D eigenvalue weighted by Gasteiger charge is -2.06. The second-order valence-electron chi connectivity index (χ2n) is 3.98. The molecule has 0 aliphatic heterocycles. The molecule has 0 aromatic heterocycles. The second kappa shape index (κ2) is 5.71. The monoisotopic (exact) mass is 279 g/mol. The summed E-state index contributed by atoms with van der Waals surface area (Å²) in [5, 5.41) is 12.0. The van der Waals surface area contributed by atoms with Crippen molar-refractivity contribution in [1.82, 2.24) is 5.32 Å². The van der Waals surface area contributed by atoms with Gasteiger partial charge in [0.15, 0.2) is 0 Å². The van der Waals surface area contributed by atoms with Crippen LogP contribution in [0.2, 0.25) is 5.02 Å². The first-order chi connectivity index (χ1) is 9.06. The number of carbonyl (C=O) groups excluding carboxylic acids is 1. The Morgan fingerprint density at radius 1 is 1.26 bits per heavy atom. The minimum atomic E-state index is -0.348. The van der Waals surface area contributed by atoms with Crippen molar-refractivity contribution >= 4 is 17.5 Å². The summed E-state index contributed by atoms with van der Waals surface area (Å²) in [4.78, 5) is 11.8. The molecule has 0 aliphatic carbocycles. The van der Waals surface area contributed by atoms with Crippen LogP contribution in [0.1, 0.15) is 15.9 Å². The van der Waals surface area contributed by atoms with E-state index in [1.807, 2.05) is 0 Å². The SMILES string of the molecule is O=C(NCc1cccc(F)c1)c1ccc(O)c(Cl)c1. The van der Waals surface area contributed by atoms with Crippen LogP contribution in [0.4, 0.5) is 4.39 Å². The fraction of sp³-hybridized carbons (Fsp3) is 0.0714. The van der Waals surface area contributed by atoms with Crippen molar-refractivity contribution in [2.24, 2.45) is 0 Å². The van der Waals surface area contributed by atoms with E-state index >= 15 is 0 Å². The number of aromatic hydroxyl groups is 1. The number of nitrogens with one attached hydrogen (secondary N) is 1. The molecule has 0 heterocycles. The third-order valence-electron chi connectivity index (χ3n) is 2.55. The maximum Gasteiger partial charge on any atom is 0.251 e. The normalized spacial score (nSPS) is 10.2. The molecule has 0 unspecified atom stereocenters. The van der Waals surface area contributed by atoms with Gasteiger partial charge in [-0.05, 0) is 35.9 Å². The summed E-state index contributed by atoms with van der Waals surface area (Å²) in [5.74, 6) is -0.770. The van der Waals surface area contributed by atoms with Crippen LogP contribution in [0.5, 0.6) is 5.75 Å². The lowest BCUT2D eigenvalue weighted by atomic mass is 10.2. The average Bonchev–Trinajstić information content (AvgIpc) is 2.39. The molecular formula is C14H11ClFNO2. The average molecular weight is 280 g/mol. The van der Waals surface area contributed by atoms with Crippen molar-refractivity contribution < 1.29 is 14.3 Å². The van der Waals surface area contributed by atoms with Crippen LogP contribution >= 0.6 is 11.6 Å². The molecule has 2 rings (SSSR count). The van der Waals surface area contributed by atoms with E-state index in [4.69, 9.17) is 11.6 Å². The van der Waals surface area contributed by atoms with Gasteiger partial charge in [-0.2, -0.15) is 0 Å². The Labute approximate surface area is 114 Å². The zero-order valence-corrected chi connectivity index (χ0v) is 10.6. The van der Waals surface area contributed by atoms with Gasteiger partial charge in [0.05, 0.1) is 5.02 Å². The first-order valence-electron chi connectivity index (χ1n) is 5.57. The summed E-state index contributed by atoms with van der Waals surface area (Å²) in [5.41, 5.74) is 0.998. The Bertz CT molecular complexity index is 616. The minimum absolute atomic E-state index is 0.0802. The first-order valence-corrected chi connectivity index (χ1v) is 5.95. The molecule has 0 bridgehead atoms. The predicted octanol–water partition coefficient (Wildman–Crippen LogP) is 3.11. The van der Waals surface area contributed by atoms with Crippen LogP contribution in [-0.4, -0.2) is 11.0 Å². The van der Waals surface area contributed by atoms with Crippen molar-refractivity contribution in [1.29, 1.82) is 0 Å². The third kappa shape index (κ3) is 3.45. The van der Waals surface area contributed by atoms with Crippen LogP contribution in [0, 0.1) is 5.82 Å². The first kappa shape index (κ1) is 13.4. The lowest BCUT2D eigenvalue weighted by molar-refractivity contribution is 0.0951. The van der Waals surface area contributed by atoms with E-state index < -0.39 is 0 Å². The Balaban J connectivity index is 2.03. The van der Waals surface area contributed by atoms with Crippen molar-refractivity contribution in [2.75, 3.05) is 0 Å². The van der Waals surface area contributed by atoms with E-state index in [1.54, 1.807) is 12.1 Å². The number of hydrogen-bond donors (Lipinski definition) is 2. The molecule has 2 aromatic carbocycles. The maximum absolute atomic E-state index is 13.0. The highest BCUT2D eigenvalue weighted by molar-refractivity contribution is 6.32. The van der Waals surface area contributed by atoms with Crippen LogP contribution in [0.3, 0.4) is 0 Å². The van der Waals surface area contributed by atoms with Crippen molar-refractivity contribution in [2.45, 2.75) is 6.54 Å². The molecule has 98 valence electrons. The summed E-state index contributed by atoms with van der Waals surface area (Å²) in [7, 11) is 0.